The zero-order valence-corrected chi connectivity index (χ0v) is 8.75. The van der Waals surface area contributed by atoms with Gasteiger partial charge in [-0.25, -0.2) is 0 Å². The van der Waals surface area contributed by atoms with Gasteiger partial charge >= 0.3 is 0 Å². The number of nitrogens with one attached hydrogen (secondary N) is 1. The van der Waals surface area contributed by atoms with Crippen LogP contribution < -0.4 is 5.32 Å². The van der Waals surface area contributed by atoms with E-state index in [-0.39, 0.29) is 0 Å². The molecule has 0 aromatic heterocycles. The Morgan fingerprint density at radius 1 is 1.50 bits per heavy atom. The van der Waals surface area contributed by atoms with Crippen molar-refractivity contribution in [2.24, 2.45) is 5.92 Å². The van der Waals surface area contributed by atoms with Crippen LogP contribution >= 0.6 is 0 Å². The normalized spacial score (nSPS) is 25.3. The van der Waals surface area contributed by atoms with Gasteiger partial charge < -0.3 is 10.4 Å². The number of benzene rings is 1. The van der Waals surface area contributed by atoms with E-state index in [9.17, 15) is 5.11 Å². The highest BCUT2D eigenvalue weighted by atomic mass is 16.3. The van der Waals surface area contributed by atoms with E-state index in [0.717, 1.165) is 18.5 Å². The van der Waals surface area contributed by atoms with Crippen molar-refractivity contribution in [3.63, 3.8) is 0 Å². The molecule has 2 rings (SSSR count). The second-order valence-corrected chi connectivity index (χ2v) is 4.15. The third kappa shape index (κ3) is 1.45. The van der Waals surface area contributed by atoms with Gasteiger partial charge in [-0.2, -0.15) is 0 Å². The molecule has 2 atom stereocenters. The maximum absolute atomic E-state index is 9.69. The summed E-state index contributed by atoms with van der Waals surface area (Å²) in [5.74, 6) is 1.03. The van der Waals surface area contributed by atoms with Gasteiger partial charge in [0, 0.05) is 6.04 Å². The molecule has 1 aromatic rings. The Balaban J connectivity index is 2.36. The molecule has 0 amide bonds. The van der Waals surface area contributed by atoms with Crippen LogP contribution in [0.5, 0.6) is 5.75 Å². The summed E-state index contributed by atoms with van der Waals surface area (Å²) in [5.41, 5.74) is 2.18. The fourth-order valence-corrected chi connectivity index (χ4v) is 2.24. The predicted octanol–water partition coefficient (Wildman–Crippen LogP) is 2.77. The Bertz CT molecular complexity index is 335. The molecule has 0 fully saturated rings. The molecule has 0 bridgehead atoms. The molecule has 0 unspecified atom stereocenters. The first-order chi connectivity index (χ1) is 6.72. The Morgan fingerprint density at radius 2 is 2.29 bits per heavy atom. The Kier molecular flexibility index (Phi) is 2.36. The molecule has 76 valence electrons. The number of anilines is 1. The Labute approximate surface area is 85.0 Å². The van der Waals surface area contributed by atoms with Crippen molar-refractivity contribution >= 4 is 5.69 Å². The van der Waals surface area contributed by atoms with E-state index < -0.39 is 0 Å². The molecule has 2 N–H and O–H groups in total. The molecule has 2 nitrogen and oxygen atoms in total. The number of hydrogen-bond donors (Lipinski definition) is 2. The van der Waals surface area contributed by atoms with Crippen LogP contribution in [-0.4, -0.2) is 11.1 Å². The zero-order chi connectivity index (χ0) is 10.1. The summed E-state index contributed by atoms with van der Waals surface area (Å²) in [6.45, 7) is 4.44. The van der Waals surface area contributed by atoms with E-state index in [1.54, 1.807) is 6.07 Å². The van der Waals surface area contributed by atoms with Crippen molar-refractivity contribution in [1.29, 1.82) is 0 Å². The van der Waals surface area contributed by atoms with Crippen LogP contribution in [0.15, 0.2) is 18.2 Å². The molecule has 0 aliphatic carbocycles. The van der Waals surface area contributed by atoms with Crippen molar-refractivity contribution < 1.29 is 5.11 Å². The molecule has 1 aliphatic heterocycles. The predicted molar refractivity (Wildman–Crippen MR) is 58.7 cm³/mol. The van der Waals surface area contributed by atoms with Crippen molar-refractivity contribution in [3.8, 4) is 5.75 Å². The summed E-state index contributed by atoms with van der Waals surface area (Å²) in [6.07, 6.45) is 2.17. The zero-order valence-electron chi connectivity index (χ0n) is 8.75. The number of aromatic hydroxyl groups is 1. The van der Waals surface area contributed by atoms with Crippen molar-refractivity contribution in [2.45, 2.75) is 32.7 Å². The summed E-state index contributed by atoms with van der Waals surface area (Å²) in [4.78, 5) is 0. The molecular weight excluding hydrogens is 174 g/mol. The SMILES string of the molecule is CC[C@@H]1Nc2c(O)cccc2C[C@@H]1C. The number of fused-ring (bicyclic) bond motifs is 1. The topological polar surface area (TPSA) is 32.3 Å². The number of hydrogen-bond acceptors (Lipinski definition) is 2. The first-order valence-electron chi connectivity index (χ1n) is 5.29. The highest BCUT2D eigenvalue weighted by Crippen LogP contribution is 2.35. The van der Waals surface area contributed by atoms with Gasteiger partial charge in [0.25, 0.3) is 0 Å². The monoisotopic (exact) mass is 191 g/mol. The average molecular weight is 191 g/mol. The number of phenols is 1. The minimum atomic E-state index is 0.382. The molecule has 1 heterocycles. The van der Waals surface area contributed by atoms with E-state index in [1.165, 1.54) is 5.56 Å². The van der Waals surface area contributed by atoms with Crippen LogP contribution in [0.4, 0.5) is 5.69 Å². The summed E-state index contributed by atoms with van der Waals surface area (Å²) >= 11 is 0. The van der Waals surface area contributed by atoms with Gasteiger partial charge in [-0.1, -0.05) is 26.0 Å². The fourth-order valence-electron chi connectivity index (χ4n) is 2.24. The van der Waals surface area contributed by atoms with Gasteiger partial charge in [0.05, 0.1) is 5.69 Å². The van der Waals surface area contributed by atoms with Crippen LogP contribution in [-0.2, 0) is 6.42 Å². The number of para-hydroxylation sites is 1. The Hall–Kier alpha value is -1.18. The third-order valence-electron chi connectivity index (χ3n) is 3.13. The van der Waals surface area contributed by atoms with Gasteiger partial charge in [-0.05, 0) is 30.4 Å². The van der Waals surface area contributed by atoms with E-state index in [0.29, 0.717) is 17.7 Å². The molecule has 0 saturated heterocycles. The summed E-state index contributed by atoms with van der Waals surface area (Å²) in [7, 11) is 0. The van der Waals surface area contributed by atoms with E-state index in [4.69, 9.17) is 0 Å². The standard InChI is InChI=1S/C12H17NO/c1-3-10-8(2)7-9-5-4-6-11(14)12(9)13-10/h4-6,8,10,13-14H,3,7H2,1-2H3/t8-,10-/m0/s1. The summed E-state index contributed by atoms with van der Waals surface area (Å²) in [5, 5.41) is 13.1. The van der Waals surface area contributed by atoms with Gasteiger partial charge in [-0.3, -0.25) is 0 Å². The van der Waals surface area contributed by atoms with Gasteiger partial charge in [-0.15, -0.1) is 0 Å². The summed E-state index contributed by atoms with van der Waals surface area (Å²) in [6, 6.07) is 6.24. The highest BCUT2D eigenvalue weighted by molar-refractivity contribution is 5.63. The largest absolute Gasteiger partial charge is 0.506 e. The molecule has 0 saturated carbocycles. The minimum absolute atomic E-state index is 0.382. The second-order valence-electron chi connectivity index (χ2n) is 4.15. The van der Waals surface area contributed by atoms with Crippen LogP contribution in [0.1, 0.15) is 25.8 Å². The Morgan fingerprint density at radius 3 is 3.00 bits per heavy atom. The molecular formula is C12H17NO. The van der Waals surface area contributed by atoms with E-state index in [2.05, 4.69) is 25.2 Å². The lowest BCUT2D eigenvalue weighted by Gasteiger charge is -2.32. The lowest BCUT2D eigenvalue weighted by atomic mass is 9.87. The molecule has 1 aliphatic rings. The highest BCUT2D eigenvalue weighted by Gasteiger charge is 2.24. The van der Waals surface area contributed by atoms with Crippen LogP contribution in [0.3, 0.4) is 0 Å². The third-order valence-corrected chi connectivity index (χ3v) is 3.13. The molecule has 14 heavy (non-hydrogen) atoms. The number of rotatable bonds is 1. The van der Waals surface area contributed by atoms with Gasteiger partial charge in [0.15, 0.2) is 0 Å². The maximum Gasteiger partial charge on any atom is 0.138 e. The maximum atomic E-state index is 9.69. The number of phenolic OH excluding ortho intramolecular Hbond substituents is 1. The van der Waals surface area contributed by atoms with Crippen LogP contribution in [0.25, 0.3) is 0 Å². The molecule has 0 spiro atoms. The first-order valence-corrected chi connectivity index (χ1v) is 5.29. The van der Waals surface area contributed by atoms with E-state index in [1.807, 2.05) is 6.07 Å². The van der Waals surface area contributed by atoms with Crippen LogP contribution in [0.2, 0.25) is 0 Å². The lowest BCUT2D eigenvalue weighted by molar-refractivity contribution is 0.437. The second kappa shape index (κ2) is 3.52. The van der Waals surface area contributed by atoms with Crippen molar-refractivity contribution in [1.82, 2.24) is 0 Å². The molecule has 2 heteroatoms. The summed E-state index contributed by atoms with van der Waals surface area (Å²) < 4.78 is 0. The molecule has 0 radical (unpaired) electrons. The molecule has 1 aromatic carbocycles. The van der Waals surface area contributed by atoms with Crippen LogP contribution in [0, 0.1) is 5.92 Å². The fraction of sp³-hybridized carbons (Fsp3) is 0.500. The van der Waals surface area contributed by atoms with Gasteiger partial charge in [0.1, 0.15) is 5.75 Å². The minimum Gasteiger partial charge on any atom is -0.506 e. The van der Waals surface area contributed by atoms with Crippen molar-refractivity contribution in [2.75, 3.05) is 5.32 Å². The average Bonchev–Trinajstić information content (AvgIpc) is 2.17. The van der Waals surface area contributed by atoms with Gasteiger partial charge in [0.2, 0.25) is 0 Å². The van der Waals surface area contributed by atoms with Crippen molar-refractivity contribution in [3.05, 3.63) is 23.8 Å². The first kappa shape index (κ1) is 9.38. The quantitative estimate of drug-likeness (QED) is 0.669. The smallest absolute Gasteiger partial charge is 0.138 e. The van der Waals surface area contributed by atoms with E-state index >= 15 is 0 Å². The lowest BCUT2D eigenvalue weighted by Crippen LogP contribution is -2.32.